The van der Waals surface area contributed by atoms with Crippen molar-refractivity contribution >= 4 is 28.1 Å². The van der Waals surface area contributed by atoms with Gasteiger partial charge >= 0.3 is 0 Å². The fourth-order valence-corrected chi connectivity index (χ4v) is 5.87. The Morgan fingerprint density at radius 2 is 1.79 bits per heavy atom. The standard InChI is InChI=1S/C29H29N7O2/c1-18-12-19(6-9-25(18)37-22-10-11-36-27(15-22)31-17-33-36)34-29-28-24(30-16-32-29)4-3-5-26(28)38-23-13-20-7-8-21(14-23)35(20)2/h3-6,9-12,15-17,20-21,23H,7-8,13-14H2,1-2H3,(H,30,32,34)/t20-,21?,23-/m0/s1. The van der Waals surface area contributed by atoms with Crippen LogP contribution in [-0.2, 0) is 0 Å². The molecule has 3 aromatic heterocycles. The SMILES string of the molecule is Cc1cc(Nc2ncnc3cccc(O[C@@H]4CC5CC[C@@H](C4)N5C)c23)ccc1Oc1ccn2ncnc2c1. The lowest BCUT2D eigenvalue weighted by atomic mass is 10.0. The molecular weight excluding hydrogens is 478 g/mol. The van der Waals surface area contributed by atoms with E-state index >= 15 is 0 Å². The van der Waals surface area contributed by atoms with Crippen molar-refractivity contribution in [2.75, 3.05) is 12.4 Å². The number of nitrogens with one attached hydrogen (secondary N) is 1. The summed E-state index contributed by atoms with van der Waals surface area (Å²) in [7, 11) is 2.25. The zero-order valence-corrected chi connectivity index (χ0v) is 21.4. The van der Waals surface area contributed by atoms with Crippen molar-refractivity contribution in [1.82, 2.24) is 29.5 Å². The van der Waals surface area contributed by atoms with E-state index in [1.807, 2.05) is 55.6 Å². The van der Waals surface area contributed by atoms with Crippen molar-refractivity contribution in [3.63, 3.8) is 0 Å². The third-order valence-electron chi connectivity index (χ3n) is 7.89. The highest BCUT2D eigenvalue weighted by Gasteiger charge is 2.39. The number of benzene rings is 2. The number of nitrogens with zero attached hydrogens (tertiary/aromatic N) is 6. The number of rotatable bonds is 6. The zero-order chi connectivity index (χ0) is 25.6. The van der Waals surface area contributed by atoms with Gasteiger partial charge < -0.3 is 19.7 Å². The molecule has 0 amide bonds. The largest absolute Gasteiger partial charge is 0.489 e. The summed E-state index contributed by atoms with van der Waals surface area (Å²) >= 11 is 0. The van der Waals surface area contributed by atoms with Gasteiger partial charge in [-0.1, -0.05) is 6.07 Å². The average Bonchev–Trinajstić information content (AvgIpc) is 3.45. The second kappa shape index (κ2) is 9.25. The number of anilines is 2. The van der Waals surface area contributed by atoms with Crippen molar-refractivity contribution in [1.29, 1.82) is 0 Å². The van der Waals surface area contributed by atoms with Crippen molar-refractivity contribution in [3.05, 3.63) is 72.9 Å². The molecule has 5 heterocycles. The maximum absolute atomic E-state index is 6.63. The maximum atomic E-state index is 6.63. The van der Waals surface area contributed by atoms with Crippen LogP contribution in [0, 0.1) is 6.92 Å². The molecule has 2 fully saturated rings. The predicted octanol–water partition coefficient (Wildman–Crippen LogP) is 5.52. The molecule has 7 rings (SSSR count). The van der Waals surface area contributed by atoms with Crippen LogP contribution in [-0.4, -0.2) is 54.7 Å². The van der Waals surface area contributed by atoms with E-state index in [9.17, 15) is 0 Å². The van der Waals surface area contributed by atoms with E-state index in [2.05, 4.69) is 43.4 Å². The molecule has 2 saturated heterocycles. The van der Waals surface area contributed by atoms with Gasteiger partial charge in [-0.15, -0.1) is 0 Å². The van der Waals surface area contributed by atoms with Gasteiger partial charge in [-0.2, -0.15) is 5.10 Å². The van der Waals surface area contributed by atoms with Crippen molar-refractivity contribution in [2.24, 2.45) is 0 Å². The molecule has 0 radical (unpaired) electrons. The molecular formula is C29H29N7O2. The van der Waals surface area contributed by atoms with Crippen molar-refractivity contribution < 1.29 is 9.47 Å². The lowest BCUT2D eigenvalue weighted by Crippen LogP contribution is -2.43. The van der Waals surface area contributed by atoms with Gasteiger partial charge in [0, 0.05) is 30.0 Å². The molecule has 2 bridgehead atoms. The molecule has 192 valence electrons. The second-order valence-electron chi connectivity index (χ2n) is 10.3. The van der Waals surface area contributed by atoms with Gasteiger partial charge in [0.25, 0.3) is 0 Å². The molecule has 2 aliphatic heterocycles. The Balaban J connectivity index is 1.14. The highest BCUT2D eigenvalue weighted by atomic mass is 16.5. The van der Waals surface area contributed by atoms with E-state index in [4.69, 9.17) is 9.47 Å². The van der Waals surface area contributed by atoms with Gasteiger partial charge in [0.05, 0.1) is 10.9 Å². The minimum Gasteiger partial charge on any atom is -0.489 e. The first-order chi connectivity index (χ1) is 18.6. The monoisotopic (exact) mass is 507 g/mol. The highest BCUT2D eigenvalue weighted by Crippen LogP contribution is 2.39. The molecule has 3 atom stereocenters. The zero-order valence-electron chi connectivity index (χ0n) is 21.4. The lowest BCUT2D eigenvalue weighted by molar-refractivity contribution is 0.0671. The van der Waals surface area contributed by atoms with Crippen LogP contribution < -0.4 is 14.8 Å². The Labute approximate surface area is 220 Å². The van der Waals surface area contributed by atoms with Crippen LogP contribution in [0.2, 0.25) is 0 Å². The molecule has 9 nitrogen and oxygen atoms in total. The molecule has 1 N–H and O–H groups in total. The molecule has 0 aliphatic carbocycles. The Hall–Kier alpha value is -4.24. The van der Waals surface area contributed by atoms with Gasteiger partial charge in [0.2, 0.25) is 0 Å². The predicted molar refractivity (Wildman–Crippen MR) is 145 cm³/mol. The third-order valence-corrected chi connectivity index (χ3v) is 7.89. The Morgan fingerprint density at radius 3 is 2.63 bits per heavy atom. The fourth-order valence-electron chi connectivity index (χ4n) is 5.87. The number of hydrogen-bond donors (Lipinski definition) is 1. The first-order valence-corrected chi connectivity index (χ1v) is 13.1. The molecule has 2 aliphatic rings. The summed E-state index contributed by atoms with van der Waals surface area (Å²) in [6, 6.07) is 17.0. The van der Waals surface area contributed by atoms with E-state index in [1.165, 1.54) is 19.2 Å². The highest BCUT2D eigenvalue weighted by molar-refractivity contribution is 5.95. The minimum atomic E-state index is 0.206. The van der Waals surface area contributed by atoms with Crippen LogP contribution in [0.25, 0.3) is 16.6 Å². The summed E-state index contributed by atoms with van der Waals surface area (Å²) in [5.74, 6) is 3.04. The summed E-state index contributed by atoms with van der Waals surface area (Å²) in [6.45, 7) is 2.02. The number of aryl methyl sites for hydroxylation is 1. The van der Waals surface area contributed by atoms with Crippen molar-refractivity contribution in [2.45, 2.75) is 50.8 Å². The summed E-state index contributed by atoms with van der Waals surface area (Å²) in [4.78, 5) is 15.9. The minimum absolute atomic E-state index is 0.206. The van der Waals surface area contributed by atoms with Crippen LogP contribution in [0.5, 0.6) is 17.2 Å². The normalized spacial score (nSPS) is 21.2. The topological polar surface area (TPSA) is 89.7 Å². The van der Waals surface area contributed by atoms with Crippen LogP contribution in [0.1, 0.15) is 31.2 Å². The lowest BCUT2D eigenvalue weighted by Gasteiger charge is -2.36. The quantitative estimate of drug-likeness (QED) is 0.321. The molecule has 0 spiro atoms. The number of hydrogen-bond acceptors (Lipinski definition) is 8. The van der Waals surface area contributed by atoms with Crippen LogP contribution in [0.4, 0.5) is 11.5 Å². The van der Waals surface area contributed by atoms with Crippen molar-refractivity contribution in [3.8, 4) is 17.2 Å². The van der Waals surface area contributed by atoms with Gasteiger partial charge in [0.1, 0.15) is 41.8 Å². The molecule has 38 heavy (non-hydrogen) atoms. The van der Waals surface area contributed by atoms with E-state index in [0.29, 0.717) is 17.8 Å². The van der Waals surface area contributed by atoms with Crippen LogP contribution >= 0.6 is 0 Å². The summed E-state index contributed by atoms with van der Waals surface area (Å²) < 4.78 is 14.5. The Kier molecular flexibility index (Phi) is 5.58. The van der Waals surface area contributed by atoms with Gasteiger partial charge in [-0.25, -0.2) is 19.5 Å². The summed E-state index contributed by atoms with van der Waals surface area (Å²) in [6.07, 6.45) is 9.80. The number of piperidine rings is 1. The molecule has 0 saturated carbocycles. The van der Waals surface area contributed by atoms with E-state index in [-0.39, 0.29) is 6.10 Å². The molecule has 9 heteroatoms. The van der Waals surface area contributed by atoms with Crippen LogP contribution in [0.15, 0.2) is 67.4 Å². The smallest absolute Gasteiger partial charge is 0.158 e. The number of pyridine rings is 1. The van der Waals surface area contributed by atoms with E-state index in [0.717, 1.165) is 58.0 Å². The molecule has 2 aromatic carbocycles. The number of fused-ring (bicyclic) bond motifs is 4. The second-order valence-corrected chi connectivity index (χ2v) is 10.3. The van der Waals surface area contributed by atoms with Gasteiger partial charge in [0.15, 0.2) is 5.65 Å². The van der Waals surface area contributed by atoms with E-state index in [1.54, 1.807) is 10.8 Å². The fraction of sp³-hybridized carbons (Fsp3) is 0.310. The molecule has 5 aromatic rings. The first-order valence-electron chi connectivity index (χ1n) is 13.1. The third kappa shape index (κ3) is 4.18. The number of aromatic nitrogens is 5. The Morgan fingerprint density at radius 1 is 0.921 bits per heavy atom. The number of ether oxygens (including phenoxy) is 2. The van der Waals surface area contributed by atoms with Gasteiger partial charge in [-0.3, -0.25) is 0 Å². The summed E-state index contributed by atoms with van der Waals surface area (Å²) in [5.41, 5.74) is 3.50. The van der Waals surface area contributed by atoms with E-state index < -0.39 is 0 Å². The summed E-state index contributed by atoms with van der Waals surface area (Å²) in [5, 5.41) is 8.53. The van der Waals surface area contributed by atoms with Gasteiger partial charge in [-0.05, 0) is 81.6 Å². The maximum Gasteiger partial charge on any atom is 0.158 e. The Bertz CT molecular complexity index is 1620. The first kappa shape index (κ1) is 22.9. The van der Waals surface area contributed by atoms with Crippen LogP contribution in [0.3, 0.4) is 0 Å². The average molecular weight is 508 g/mol. The molecule has 1 unspecified atom stereocenters.